The molecule has 2 rings (SSSR count). The van der Waals surface area contributed by atoms with Gasteiger partial charge < -0.3 is 4.74 Å². The number of nitro benzene ring substituents is 1. The number of hydrazine groups is 1. The highest BCUT2D eigenvalue weighted by Gasteiger charge is 2.37. The smallest absolute Gasteiger partial charge is 0.426 e. The number of nitrogens with one attached hydrogen (secondary N) is 1. The molecule has 0 spiro atoms. The Labute approximate surface area is 131 Å². The Morgan fingerprint density at radius 3 is 2.64 bits per heavy atom. The van der Waals surface area contributed by atoms with E-state index in [2.05, 4.69) is 5.43 Å². The molecule has 1 N–H and O–H groups in total. The highest BCUT2D eigenvalue weighted by molar-refractivity contribution is 6.32. The fourth-order valence-electron chi connectivity index (χ4n) is 2.02. The lowest BCUT2D eigenvalue weighted by molar-refractivity contribution is -0.385. The van der Waals surface area contributed by atoms with Gasteiger partial charge in [-0.1, -0.05) is 11.6 Å². The van der Waals surface area contributed by atoms with Crippen LogP contribution in [0.15, 0.2) is 12.1 Å². The summed E-state index contributed by atoms with van der Waals surface area (Å²) in [7, 11) is 0. The zero-order valence-corrected chi connectivity index (χ0v) is 12.9. The van der Waals surface area contributed by atoms with Crippen LogP contribution in [-0.2, 0) is 11.3 Å². The van der Waals surface area contributed by atoms with Crippen molar-refractivity contribution in [3.63, 3.8) is 0 Å². The van der Waals surface area contributed by atoms with Gasteiger partial charge in [-0.05, 0) is 26.8 Å². The van der Waals surface area contributed by atoms with E-state index in [4.69, 9.17) is 16.3 Å². The molecule has 118 valence electrons. The fourth-order valence-corrected chi connectivity index (χ4v) is 2.24. The third-order valence-electron chi connectivity index (χ3n) is 2.83. The molecular formula is C13H14ClN3O5. The number of hydrogen-bond acceptors (Lipinski definition) is 5. The van der Waals surface area contributed by atoms with Crippen molar-refractivity contribution in [1.82, 2.24) is 10.4 Å². The van der Waals surface area contributed by atoms with E-state index < -0.39 is 22.5 Å². The SMILES string of the molecule is CC(C)(C)OC(=O)NN1Cc2c(Cl)ccc([N+](=O)[O-])c2C1=O. The van der Waals surface area contributed by atoms with Crippen LogP contribution in [0.4, 0.5) is 10.5 Å². The van der Waals surface area contributed by atoms with Crippen LogP contribution in [-0.4, -0.2) is 27.5 Å². The molecule has 1 aromatic carbocycles. The summed E-state index contributed by atoms with van der Waals surface area (Å²) in [5.41, 5.74) is 1.37. The molecule has 22 heavy (non-hydrogen) atoms. The number of amides is 2. The van der Waals surface area contributed by atoms with Crippen molar-refractivity contribution < 1.29 is 19.2 Å². The Morgan fingerprint density at radius 2 is 2.09 bits per heavy atom. The molecule has 0 unspecified atom stereocenters. The van der Waals surface area contributed by atoms with Gasteiger partial charge in [0.2, 0.25) is 0 Å². The number of benzene rings is 1. The van der Waals surface area contributed by atoms with E-state index in [0.717, 1.165) is 11.1 Å². The van der Waals surface area contributed by atoms with E-state index in [1.807, 2.05) is 0 Å². The molecule has 1 aliphatic heterocycles. The van der Waals surface area contributed by atoms with E-state index in [1.165, 1.54) is 6.07 Å². The first-order chi connectivity index (χ1) is 10.1. The van der Waals surface area contributed by atoms with Gasteiger partial charge in [0.05, 0.1) is 11.5 Å². The van der Waals surface area contributed by atoms with Gasteiger partial charge in [-0.25, -0.2) is 15.2 Å². The van der Waals surface area contributed by atoms with Crippen LogP contribution >= 0.6 is 11.6 Å². The number of rotatable bonds is 2. The Bertz CT molecular complexity index is 668. The maximum Gasteiger partial charge on any atom is 0.426 e. The van der Waals surface area contributed by atoms with Crippen LogP contribution in [0.25, 0.3) is 0 Å². The average molecular weight is 328 g/mol. The Balaban J connectivity index is 2.26. The van der Waals surface area contributed by atoms with Crippen molar-refractivity contribution in [2.24, 2.45) is 0 Å². The van der Waals surface area contributed by atoms with Gasteiger partial charge in [0.25, 0.3) is 11.6 Å². The van der Waals surface area contributed by atoms with Crippen LogP contribution in [0.2, 0.25) is 5.02 Å². The monoisotopic (exact) mass is 327 g/mol. The van der Waals surface area contributed by atoms with Crippen molar-refractivity contribution in [1.29, 1.82) is 0 Å². The van der Waals surface area contributed by atoms with Gasteiger partial charge in [0.1, 0.15) is 11.2 Å². The van der Waals surface area contributed by atoms with Crippen LogP contribution in [0.5, 0.6) is 0 Å². The van der Waals surface area contributed by atoms with Gasteiger partial charge >= 0.3 is 6.09 Å². The Kier molecular flexibility index (Phi) is 3.97. The number of carbonyl (C=O) groups excluding carboxylic acids is 2. The number of ether oxygens (including phenoxy) is 1. The zero-order chi connectivity index (χ0) is 16.7. The highest BCUT2D eigenvalue weighted by Crippen LogP contribution is 2.34. The predicted molar refractivity (Wildman–Crippen MR) is 77.3 cm³/mol. The van der Waals surface area contributed by atoms with E-state index in [0.29, 0.717) is 5.56 Å². The first-order valence-corrected chi connectivity index (χ1v) is 6.75. The van der Waals surface area contributed by atoms with Gasteiger partial charge in [0.15, 0.2) is 0 Å². The second-order valence-electron chi connectivity index (χ2n) is 5.68. The summed E-state index contributed by atoms with van der Waals surface area (Å²) in [6, 6.07) is 2.51. The molecule has 0 aromatic heterocycles. The Morgan fingerprint density at radius 1 is 1.45 bits per heavy atom. The molecule has 9 heteroatoms. The molecule has 0 saturated carbocycles. The van der Waals surface area contributed by atoms with Crippen molar-refractivity contribution in [3.8, 4) is 0 Å². The number of halogens is 1. The number of nitro groups is 1. The van der Waals surface area contributed by atoms with Crippen LogP contribution < -0.4 is 5.43 Å². The first-order valence-electron chi connectivity index (χ1n) is 6.37. The zero-order valence-electron chi connectivity index (χ0n) is 12.2. The lowest BCUT2D eigenvalue weighted by Crippen LogP contribution is -2.44. The molecule has 0 saturated heterocycles. The minimum Gasteiger partial charge on any atom is -0.443 e. The maximum absolute atomic E-state index is 12.3. The van der Waals surface area contributed by atoms with Gasteiger partial charge in [-0.15, -0.1) is 0 Å². The number of fused-ring (bicyclic) bond motifs is 1. The number of hydrogen-bond donors (Lipinski definition) is 1. The van der Waals surface area contributed by atoms with Crippen LogP contribution in [0.1, 0.15) is 36.7 Å². The molecule has 1 aromatic rings. The maximum atomic E-state index is 12.3. The Hall–Kier alpha value is -2.35. The molecule has 0 aliphatic carbocycles. The minimum atomic E-state index is -0.826. The largest absolute Gasteiger partial charge is 0.443 e. The van der Waals surface area contributed by atoms with Crippen molar-refractivity contribution in [3.05, 3.63) is 38.4 Å². The number of carbonyl (C=O) groups is 2. The van der Waals surface area contributed by atoms with Gasteiger partial charge in [-0.3, -0.25) is 14.9 Å². The highest BCUT2D eigenvalue weighted by atomic mass is 35.5. The third kappa shape index (κ3) is 3.11. The molecule has 0 atom stereocenters. The molecule has 0 radical (unpaired) electrons. The van der Waals surface area contributed by atoms with Crippen molar-refractivity contribution >= 4 is 29.3 Å². The number of nitrogens with zero attached hydrogens (tertiary/aromatic N) is 2. The lowest BCUT2D eigenvalue weighted by Gasteiger charge is -2.23. The normalized spacial score (nSPS) is 13.8. The molecule has 2 amide bonds. The van der Waals surface area contributed by atoms with Crippen molar-refractivity contribution in [2.45, 2.75) is 32.9 Å². The fraction of sp³-hybridized carbons (Fsp3) is 0.385. The quantitative estimate of drug-likeness (QED) is 0.664. The molecule has 1 heterocycles. The van der Waals surface area contributed by atoms with Crippen LogP contribution in [0.3, 0.4) is 0 Å². The molecule has 0 bridgehead atoms. The molecular weight excluding hydrogens is 314 g/mol. The van der Waals surface area contributed by atoms with Crippen LogP contribution in [0, 0.1) is 10.1 Å². The summed E-state index contributed by atoms with van der Waals surface area (Å²) < 4.78 is 5.04. The minimum absolute atomic E-state index is 0.0616. The van der Waals surface area contributed by atoms with E-state index >= 15 is 0 Å². The first kappa shape index (κ1) is 16.0. The molecule has 8 nitrogen and oxygen atoms in total. The second kappa shape index (κ2) is 5.45. The summed E-state index contributed by atoms with van der Waals surface area (Å²) in [5, 5.41) is 12.2. The summed E-state index contributed by atoms with van der Waals surface area (Å²) >= 11 is 5.97. The predicted octanol–water partition coefficient (Wildman–Crippen LogP) is 2.64. The summed E-state index contributed by atoms with van der Waals surface area (Å²) in [6.07, 6.45) is -0.826. The standard InChI is InChI=1S/C13H14ClN3O5/c1-13(2,3)22-12(19)15-16-6-7-8(14)4-5-9(17(20)21)10(7)11(16)18/h4-5H,6H2,1-3H3,(H,15,19). The molecule has 1 aliphatic rings. The second-order valence-corrected chi connectivity index (χ2v) is 6.09. The third-order valence-corrected chi connectivity index (χ3v) is 3.18. The molecule has 0 fully saturated rings. The summed E-state index contributed by atoms with van der Waals surface area (Å²) in [4.78, 5) is 34.3. The average Bonchev–Trinajstić information content (AvgIpc) is 2.66. The van der Waals surface area contributed by atoms with E-state index in [1.54, 1.807) is 20.8 Å². The summed E-state index contributed by atoms with van der Waals surface area (Å²) in [5.74, 6) is -0.699. The van der Waals surface area contributed by atoms with Gasteiger partial charge in [-0.2, -0.15) is 0 Å². The topological polar surface area (TPSA) is 102 Å². The van der Waals surface area contributed by atoms with E-state index in [9.17, 15) is 19.7 Å². The summed E-state index contributed by atoms with van der Waals surface area (Å²) in [6.45, 7) is 4.96. The van der Waals surface area contributed by atoms with Crippen molar-refractivity contribution in [2.75, 3.05) is 0 Å². The lowest BCUT2D eigenvalue weighted by atomic mass is 10.1. The van der Waals surface area contributed by atoms with Gasteiger partial charge in [0, 0.05) is 16.7 Å². The van der Waals surface area contributed by atoms with E-state index in [-0.39, 0.29) is 22.8 Å².